The highest BCUT2D eigenvalue weighted by atomic mass is 35.5. The fourth-order valence-electron chi connectivity index (χ4n) is 5.43. The van der Waals surface area contributed by atoms with Gasteiger partial charge in [-0.3, -0.25) is 9.59 Å². The third-order valence-electron chi connectivity index (χ3n) is 8.00. The molecule has 0 saturated carbocycles. The number of nitrogens with one attached hydrogen (secondary N) is 1. The molecule has 49 heavy (non-hydrogen) atoms. The molecule has 0 radical (unpaired) electrons. The molecule has 2 amide bonds. The number of benzene rings is 4. The highest BCUT2D eigenvalue weighted by Crippen LogP contribution is 2.34. The van der Waals surface area contributed by atoms with Crippen LogP contribution in [0.25, 0.3) is 11.0 Å². The van der Waals surface area contributed by atoms with Crippen LogP contribution in [0.3, 0.4) is 0 Å². The Bertz CT molecular complexity index is 2100. The molecule has 254 valence electrons. The van der Waals surface area contributed by atoms with E-state index in [-0.39, 0.29) is 33.5 Å². The lowest BCUT2D eigenvalue weighted by molar-refractivity contribution is -0.147. The van der Waals surface area contributed by atoms with E-state index in [1.165, 1.54) is 23.1 Å². The Morgan fingerprint density at radius 3 is 2.49 bits per heavy atom. The van der Waals surface area contributed by atoms with Crippen molar-refractivity contribution in [1.82, 2.24) is 10.2 Å². The molecule has 1 aliphatic heterocycles. The molecule has 6 rings (SSSR count). The van der Waals surface area contributed by atoms with Crippen LogP contribution in [0.2, 0.25) is 10.0 Å². The smallest absolute Gasteiger partial charge is 0.329 e. The van der Waals surface area contributed by atoms with Gasteiger partial charge in [-0.05, 0) is 71.5 Å². The molecular weight excluding hydrogens is 687 g/mol. The molecule has 5 aromatic rings. The van der Waals surface area contributed by atoms with E-state index in [0.29, 0.717) is 30.6 Å². The van der Waals surface area contributed by atoms with Gasteiger partial charge in [-0.1, -0.05) is 77.8 Å². The third-order valence-corrected chi connectivity index (χ3v) is 9.83. The van der Waals surface area contributed by atoms with Crippen LogP contribution in [-0.4, -0.2) is 50.4 Å². The molecule has 1 unspecified atom stereocenters. The number of ether oxygens (including phenoxy) is 1. The van der Waals surface area contributed by atoms with Gasteiger partial charge in [0.15, 0.2) is 9.84 Å². The number of carbonyl (C=O) groups is 3. The molecule has 4 aromatic carbocycles. The first kappa shape index (κ1) is 35.7. The fourth-order valence-corrected chi connectivity index (χ4v) is 6.88. The summed E-state index contributed by atoms with van der Waals surface area (Å²) in [6.07, 6.45) is 3.97. The van der Waals surface area contributed by atoms with Gasteiger partial charge in [0.2, 0.25) is 6.41 Å². The van der Waals surface area contributed by atoms with Crippen molar-refractivity contribution < 1.29 is 32.0 Å². The summed E-state index contributed by atoms with van der Waals surface area (Å²) in [6.45, 7) is 2.82. The molecule has 2 heterocycles. The average molecular weight is 722 g/mol. The van der Waals surface area contributed by atoms with Crippen LogP contribution in [-0.2, 0) is 50.2 Å². The van der Waals surface area contributed by atoms with Gasteiger partial charge in [0.1, 0.15) is 18.2 Å². The quantitative estimate of drug-likeness (QED) is 0.132. The molecule has 1 atom stereocenters. The number of aryl methyl sites for hydroxylation is 1. The van der Waals surface area contributed by atoms with E-state index in [1.807, 2.05) is 30.3 Å². The number of furan rings is 1. The Kier molecular flexibility index (Phi) is 11.4. The molecular formula is C37H34Cl2N2O7S. The normalized spacial score (nSPS) is 13.1. The summed E-state index contributed by atoms with van der Waals surface area (Å²) in [6, 6.07) is 23.8. The lowest BCUT2D eigenvalue weighted by atomic mass is 9.96. The summed E-state index contributed by atoms with van der Waals surface area (Å²) < 4.78 is 34.8. The van der Waals surface area contributed by atoms with Gasteiger partial charge < -0.3 is 19.4 Å². The summed E-state index contributed by atoms with van der Waals surface area (Å²) in [5.41, 5.74) is 4.96. The molecule has 12 heteroatoms. The third kappa shape index (κ3) is 9.08. The second kappa shape index (κ2) is 15.7. The Morgan fingerprint density at radius 2 is 1.76 bits per heavy atom. The van der Waals surface area contributed by atoms with Gasteiger partial charge in [-0.15, -0.1) is 0 Å². The number of hydrogen-bond acceptors (Lipinski definition) is 7. The molecule has 1 aliphatic rings. The van der Waals surface area contributed by atoms with Crippen molar-refractivity contribution in [2.75, 3.05) is 12.8 Å². The number of fused-ring (bicyclic) bond motifs is 2. The lowest BCUT2D eigenvalue weighted by Gasteiger charge is -2.27. The number of hydrogen-bond donors (Lipinski definition) is 1. The van der Waals surface area contributed by atoms with Gasteiger partial charge in [-0.2, -0.15) is 0 Å². The van der Waals surface area contributed by atoms with E-state index in [2.05, 4.69) is 24.4 Å². The largest absolute Gasteiger partial charge is 0.464 e. The number of nitrogens with zero attached hydrogens (tertiary/aromatic N) is 1. The van der Waals surface area contributed by atoms with Gasteiger partial charge in [0.05, 0.1) is 26.8 Å². The standard InChI is InChI=1S/C28H26Cl2N2O6S.C9H8O/c1-39(36,37)21-9-5-8-19(12-21)13-24(28(35)38-16-18-6-3-2-4-7-18)31-27(34)25-23(29)14-20-15-32(17-33)11-10-22(20)26(25)30;1-7-2-3-8-4-5-10-9(8)6-7/h2-9,12,14,17,24H,10-11,13,15-16H2,1H3,(H,31,34);2-6H,1H3. The molecule has 0 spiro atoms. The van der Waals surface area contributed by atoms with Crippen LogP contribution in [0, 0.1) is 6.92 Å². The topological polar surface area (TPSA) is 123 Å². The van der Waals surface area contributed by atoms with Crippen molar-refractivity contribution in [1.29, 1.82) is 0 Å². The number of halogens is 2. The van der Waals surface area contributed by atoms with Crippen molar-refractivity contribution in [2.24, 2.45) is 0 Å². The maximum Gasteiger partial charge on any atom is 0.329 e. The van der Waals surface area contributed by atoms with Gasteiger partial charge >= 0.3 is 5.97 Å². The minimum absolute atomic E-state index is 0.0109. The monoisotopic (exact) mass is 720 g/mol. The molecule has 0 fully saturated rings. The van der Waals surface area contributed by atoms with Crippen molar-refractivity contribution in [3.63, 3.8) is 0 Å². The summed E-state index contributed by atoms with van der Waals surface area (Å²) in [5.74, 6) is -1.38. The molecule has 9 nitrogen and oxygen atoms in total. The zero-order valence-electron chi connectivity index (χ0n) is 26.8. The maximum atomic E-state index is 13.4. The first-order valence-electron chi connectivity index (χ1n) is 15.4. The molecule has 0 aliphatic carbocycles. The highest BCUT2D eigenvalue weighted by Gasteiger charge is 2.29. The Hall–Kier alpha value is -4.64. The molecule has 0 bridgehead atoms. The Labute approximate surface area is 294 Å². The SMILES string of the molecule is CS(=O)(=O)c1cccc(CC(NC(=O)c2c(Cl)cc3c(c2Cl)CCN(C=O)C3)C(=O)OCc2ccccc2)c1.Cc1ccc2ccoc2c1. The highest BCUT2D eigenvalue weighted by molar-refractivity contribution is 7.90. The van der Waals surface area contributed by atoms with Crippen LogP contribution in [0.4, 0.5) is 0 Å². The molecule has 1 N–H and O–H groups in total. The van der Waals surface area contributed by atoms with Gasteiger partial charge in [-0.25, -0.2) is 13.2 Å². The first-order chi connectivity index (χ1) is 23.4. The van der Waals surface area contributed by atoms with E-state index in [4.69, 9.17) is 32.4 Å². The minimum Gasteiger partial charge on any atom is -0.464 e. The van der Waals surface area contributed by atoms with E-state index >= 15 is 0 Å². The number of sulfone groups is 1. The summed E-state index contributed by atoms with van der Waals surface area (Å²) in [7, 11) is -3.48. The molecule has 0 saturated heterocycles. The van der Waals surface area contributed by atoms with Crippen LogP contribution in [0.5, 0.6) is 0 Å². The summed E-state index contributed by atoms with van der Waals surface area (Å²) in [5, 5.41) is 4.10. The predicted molar refractivity (Wildman–Crippen MR) is 188 cm³/mol. The van der Waals surface area contributed by atoms with E-state index in [0.717, 1.165) is 29.4 Å². The first-order valence-corrected chi connectivity index (χ1v) is 18.0. The van der Waals surface area contributed by atoms with Gasteiger partial charge in [0, 0.05) is 31.2 Å². The second-order valence-corrected chi connectivity index (χ2v) is 14.5. The maximum absolute atomic E-state index is 13.4. The summed E-state index contributed by atoms with van der Waals surface area (Å²) >= 11 is 13.1. The van der Waals surface area contributed by atoms with E-state index < -0.39 is 27.8 Å². The minimum atomic E-state index is -3.48. The van der Waals surface area contributed by atoms with Crippen molar-refractivity contribution in [3.05, 3.63) is 135 Å². The van der Waals surface area contributed by atoms with Crippen molar-refractivity contribution >= 4 is 62.3 Å². The number of rotatable bonds is 9. The van der Waals surface area contributed by atoms with Crippen LogP contribution in [0.1, 0.15) is 38.2 Å². The lowest BCUT2D eigenvalue weighted by Crippen LogP contribution is -2.43. The second-order valence-electron chi connectivity index (χ2n) is 11.7. The van der Waals surface area contributed by atoms with Crippen LogP contribution >= 0.6 is 23.2 Å². The number of amides is 2. The van der Waals surface area contributed by atoms with Crippen molar-refractivity contribution in [3.8, 4) is 0 Å². The van der Waals surface area contributed by atoms with Gasteiger partial charge in [0.25, 0.3) is 5.91 Å². The number of esters is 1. The average Bonchev–Trinajstić information content (AvgIpc) is 3.55. The van der Waals surface area contributed by atoms with E-state index in [9.17, 15) is 22.8 Å². The molecule has 1 aromatic heterocycles. The summed E-state index contributed by atoms with van der Waals surface area (Å²) in [4.78, 5) is 39.5. The van der Waals surface area contributed by atoms with Crippen molar-refractivity contribution in [2.45, 2.75) is 43.9 Å². The zero-order chi connectivity index (χ0) is 35.1. The van der Waals surface area contributed by atoms with Crippen LogP contribution < -0.4 is 5.32 Å². The van der Waals surface area contributed by atoms with Crippen LogP contribution in [0.15, 0.2) is 101 Å². The predicted octanol–water partition coefficient (Wildman–Crippen LogP) is 6.74. The zero-order valence-corrected chi connectivity index (χ0v) is 29.1. The Balaban J connectivity index is 0.000000396. The fraction of sp³-hybridized carbons (Fsp3) is 0.216. The number of carbonyl (C=O) groups excluding carboxylic acids is 3. The van der Waals surface area contributed by atoms with E-state index in [1.54, 1.807) is 41.5 Å². The Morgan fingerprint density at radius 1 is 1.00 bits per heavy atom.